The lowest BCUT2D eigenvalue weighted by atomic mass is 10.0. The second kappa shape index (κ2) is 9.66. The Morgan fingerprint density at radius 1 is 1.03 bits per heavy atom. The molecule has 4 aromatic rings. The number of halogens is 2. The molecule has 0 unspecified atom stereocenters. The number of thiol groups is 1. The zero-order valence-corrected chi connectivity index (χ0v) is 21.5. The number of nitrogens with zero attached hydrogens (tertiary/aromatic N) is 3. The quantitative estimate of drug-likeness (QED) is 0.263. The number of hydrogen-bond donors (Lipinski definition) is 1. The Morgan fingerprint density at radius 3 is 2.54 bits per heavy atom. The van der Waals surface area contributed by atoms with E-state index in [1.165, 1.54) is 5.69 Å². The summed E-state index contributed by atoms with van der Waals surface area (Å²) in [6, 6.07) is 14.0. The van der Waals surface area contributed by atoms with Crippen LogP contribution in [0.15, 0.2) is 58.1 Å². The van der Waals surface area contributed by atoms with E-state index < -0.39 is 0 Å². The van der Waals surface area contributed by atoms with Crippen LogP contribution < -0.4 is 4.90 Å². The van der Waals surface area contributed by atoms with Crippen LogP contribution in [-0.2, 0) is 11.3 Å². The molecule has 5 nitrogen and oxygen atoms in total. The van der Waals surface area contributed by atoms with Crippen LogP contribution >= 0.6 is 35.8 Å². The second-order valence-electron chi connectivity index (χ2n) is 9.31. The molecule has 180 valence electrons. The summed E-state index contributed by atoms with van der Waals surface area (Å²) in [7, 11) is 0. The fourth-order valence-electron chi connectivity index (χ4n) is 4.82. The molecule has 2 aromatic carbocycles. The highest BCUT2D eigenvalue weighted by molar-refractivity contribution is 7.80. The average Bonchev–Trinajstić information content (AvgIpc) is 3.63. The predicted octanol–water partition coefficient (Wildman–Crippen LogP) is 7.55. The number of fused-ring (bicyclic) bond motifs is 1. The first-order chi connectivity index (χ1) is 17.1. The Labute approximate surface area is 219 Å². The standard InChI is InChI=1S/C27H25Cl2N3O2S/c28-22-2-1-3-23(29)25(22)26-21(27(34-31-26)16-4-5-16)15-33-19-8-10-32(11-9-19)18-7-6-17-12-20(35)14-30-24(17)13-18/h1-3,6-7,12-14,16,19,35H,4-5,8-11,15H2. The minimum atomic E-state index is 0.174. The molecule has 0 bridgehead atoms. The molecular weight excluding hydrogens is 501 g/mol. The Kier molecular flexibility index (Phi) is 6.39. The third kappa shape index (κ3) is 4.77. The zero-order chi connectivity index (χ0) is 23.9. The molecule has 0 radical (unpaired) electrons. The number of benzene rings is 2. The molecule has 1 saturated heterocycles. The molecule has 2 fully saturated rings. The monoisotopic (exact) mass is 525 g/mol. The molecule has 35 heavy (non-hydrogen) atoms. The van der Waals surface area contributed by atoms with E-state index in [9.17, 15) is 0 Å². The lowest BCUT2D eigenvalue weighted by Crippen LogP contribution is -2.37. The highest BCUT2D eigenvalue weighted by Crippen LogP contribution is 2.46. The van der Waals surface area contributed by atoms with Gasteiger partial charge in [0.25, 0.3) is 0 Å². The minimum absolute atomic E-state index is 0.174. The third-order valence-corrected chi connectivity index (χ3v) is 7.76. The highest BCUT2D eigenvalue weighted by atomic mass is 35.5. The van der Waals surface area contributed by atoms with Gasteiger partial charge in [-0.25, -0.2) is 0 Å². The number of pyridine rings is 1. The van der Waals surface area contributed by atoms with Crippen molar-refractivity contribution >= 4 is 52.4 Å². The van der Waals surface area contributed by atoms with Gasteiger partial charge in [0.15, 0.2) is 0 Å². The van der Waals surface area contributed by atoms with Gasteiger partial charge in [-0.3, -0.25) is 4.98 Å². The van der Waals surface area contributed by atoms with Crippen LogP contribution in [-0.4, -0.2) is 29.3 Å². The molecule has 0 N–H and O–H groups in total. The summed E-state index contributed by atoms with van der Waals surface area (Å²) in [4.78, 5) is 7.80. The van der Waals surface area contributed by atoms with Crippen LogP contribution in [0.5, 0.6) is 0 Å². The Hall–Kier alpha value is -2.25. The fraction of sp³-hybridized carbons (Fsp3) is 0.333. The van der Waals surface area contributed by atoms with Gasteiger partial charge < -0.3 is 14.2 Å². The van der Waals surface area contributed by atoms with Crippen LogP contribution in [0.4, 0.5) is 5.69 Å². The number of hydrogen-bond acceptors (Lipinski definition) is 6. The van der Waals surface area contributed by atoms with Gasteiger partial charge in [0.1, 0.15) is 11.5 Å². The number of rotatable bonds is 6. The SMILES string of the molecule is Sc1cnc2cc(N3CCC(OCc4c(-c5c(Cl)cccc5Cl)noc4C4CC4)CC3)ccc2c1. The Balaban J connectivity index is 1.15. The van der Waals surface area contributed by atoms with Crippen molar-refractivity contribution in [3.05, 3.63) is 70.0 Å². The third-order valence-electron chi connectivity index (χ3n) is 6.89. The lowest BCUT2D eigenvalue weighted by molar-refractivity contribution is 0.0246. The summed E-state index contributed by atoms with van der Waals surface area (Å²) < 4.78 is 12.2. The maximum absolute atomic E-state index is 6.49. The van der Waals surface area contributed by atoms with Crippen LogP contribution in [0.3, 0.4) is 0 Å². The molecule has 2 aromatic heterocycles. The largest absolute Gasteiger partial charge is 0.373 e. The summed E-state index contributed by atoms with van der Waals surface area (Å²) in [6.45, 7) is 2.31. The molecule has 0 amide bonds. The first kappa shape index (κ1) is 23.2. The molecule has 1 aliphatic carbocycles. The van der Waals surface area contributed by atoms with Gasteiger partial charge in [0.05, 0.1) is 28.3 Å². The van der Waals surface area contributed by atoms with Crippen LogP contribution in [0, 0.1) is 0 Å². The van der Waals surface area contributed by atoms with Crippen molar-refractivity contribution in [1.29, 1.82) is 0 Å². The van der Waals surface area contributed by atoms with Crippen molar-refractivity contribution in [3.8, 4) is 11.3 Å². The molecular formula is C27H25Cl2N3O2S. The summed E-state index contributed by atoms with van der Waals surface area (Å²) in [5.74, 6) is 1.33. The van der Waals surface area contributed by atoms with Gasteiger partial charge in [-0.15, -0.1) is 12.6 Å². The molecule has 0 atom stereocenters. The summed E-state index contributed by atoms with van der Waals surface area (Å²) in [6.07, 6.45) is 6.10. The fourth-order valence-corrected chi connectivity index (χ4v) is 5.60. The summed E-state index contributed by atoms with van der Waals surface area (Å²) in [5, 5.41) is 6.61. The van der Waals surface area contributed by atoms with E-state index in [1.807, 2.05) is 24.3 Å². The van der Waals surface area contributed by atoms with Gasteiger partial charge in [0, 0.05) is 52.3 Å². The summed E-state index contributed by atoms with van der Waals surface area (Å²) >= 11 is 17.4. The number of ether oxygens (including phenoxy) is 1. The maximum Gasteiger partial charge on any atom is 0.145 e. The molecule has 2 aliphatic rings. The van der Waals surface area contributed by atoms with Gasteiger partial charge >= 0.3 is 0 Å². The van der Waals surface area contributed by atoms with E-state index in [2.05, 4.69) is 45.9 Å². The first-order valence-corrected chi connectivity index (χ1v) is 13.2. The van der Waals surface area contributed by atoms with Crippen LogP contribution in [0.2, 0.25) is 10.0 Å². The van der Waals surface area contributed by atoms with E-state index in [0.717, 1.165) is 71.5 Å². The summed E-state index contributed by atoms with van der Waals surface area (Å²) in [5.41, 5.74) is 4.59. The maximum atomic E-state index is 6.49. The molecule has 0 spiro atoms. The zero-order valence-electron chi connectivity index (χ0n) is 19.1. The van der Waals surface area contributed by atoms with Crippen LogP contribution in [0.25, 0.3) is 22.2 Å². The van der Waals surface area contributed by atoms with E-state index in [4.69, 9.17) is 32.5 Å². The molecule has 1 saturated carbocycles. The topological polar surface area (TPSA) is 51.4 Å². The number of piperidine rings is 1. The minimum Gasteiger partial charge on any atom is -0.373 e. The highest BCUT2D eigenvalue weighted by Gasteiger charge is 2.34. The molecule has 1 aliphatic heterocycles. The predicted molar refractivity (Wildman–Crippen MR) is 143 cm³/mol. The van der Waals surface area contributed by atoms with E-state index in [-0.39, 0.29) is 6.10 Å². The van der Waals surface area contributed by atoms with Crippen molar-refractivity contribution in [3.63, 3.8) is 0 Å². The smallest absolute Gasteiger partial charge is 0.145 e. The van der Waals surface area contributed by atoms with Crippen molar-refractivity contribution in [2.75, 3.05) is 18.0 Å². The number of aromatic nitrogens is 2. The normalized spacial score (nSPS) is 16.8. The van der Waals surface area contributed by atoms with E-state index >= 15 is 0 Å². The van der Waals surface area contributed by atoms with Crippen molar-refractivity contribution in [2.45, 2.75) is 49.2 Å². The van der Waals surface area contributed by atoms with Crippen molar-refractivity contribution < 1.29 is 9.26 Å². The van der Waals surface area contributed by atoms with Crippen molar-refractivity contribution in [1.82, 2.24) is 10.1 Å². The number of anilines is 1. The average molecular weight is 526 g/mol. The lowest BCUT2D eigenvalue weighted by Gasteiger charge is -2.33. The van der Waals surface area contributed by atoms with Crippen LogP contribution in [0.1, 0.15) is 42.9 Å². The second-order valence-corrected chi connectivity index (χ2v) is 10.6. The van der Waals surface area contributed by atoms with Gasteiger partial charge in [-0.05, 0) is 56.0 Å². The molecule has 8 heteroatoms. The van der Waals surface area contributed by atoms with E-state index in [0.29, 0.717) is 28.3 Å². The Morgan fingerprint density at radius 2 is 1.80 bits per heavy atom. The van der Waals surface area contributed by atoms with Gasteiger partial charge in [-0.1, -0.05) is 40.5 Å². The van der Waals surface area contributed by atoms with Crippen molar-refractivity contribution in [2.24, 2.45) is 0 Å². The Bertz CT molecular complexity index is 1360. The molecule has 6 rings (SSSR count). The molecule has 3 heterocycles. The first-order valence-electron chi connectivity index (χ1n) is 11.9. The van der Waals surface area contributed by atoms with Gasteiger partial charge in [0.2, 0.25) is 0 Å². The van der Waals surface area contributed by atoms with Gasteiger partial charge in [-0.2, -0.15) is 0 Å². The van der Waals surface area contributed by atoms with E-state index in [1.54, 1.807) is 6.20 Å².